The van der Waals surface area contributed by atoms with Crippen molar-refractivity contribution in [2.24, 2.45) is 0 Å². The Kier molecular flexibility index (Phi) is 4.98. The molecule has 0 fully saturated rings. The van der Waals surface area contributed by atoms with E-state index >= 15 is 0 Å². The second-order valence-corrected chi connectivity index (χ2v) is 6.01. The number of amides is 1. The van der Waals surface area contributed by atoms with Crippen LogP contribution in [0.3, 0.4) is 0 Å². The van der Waals surface area contributed by atoms with E-state index in [9.17, 15) is 4.79 Å². The van der Waals surface area contributed by atoms with E-state index in [4.69, 9.17) is 0 Å². The van der Waals surface area contributed by atoms with Crippen LogP contribution in [0.4, 0.5) is 0 Å². The van der Waals surface area contributed by atoms with Gasteiger partial charge in [-0.15, -0.1) is 16.4 Å². The highest BCUT2D eigenvalue weighted by Gasteiger charge is 2.12. The number of thiophene rings is 1. The first-order valence-corrected chi connectivity index (χ1v) is 7.86. The minimum absolute atomic E-state index is 0.0845. The topological polar surface area (TPSA) is 61.9 Å². The van der Waals surface area contributed by atoms with Crippen molar-refractivity contribution in [3.63, 3.8) is 0 Å². The fraction of sp³-hybridized carbons (Fsp3) is 0.417. The number of thioether (sulfide) groups is 1. The Morgan fingerprint density at radius 3 is 3.05 bits per heavy atom. The first-order chi connectivity index (χ1) is 9.19. The molecular formula is C12H16N4OS2. The van der Waals surface area contributed by atoms with E-state index in [1.54, 1.807) is 16.2 Å². The third kappa shape index (κ3) is 4.07. The molecule has 5 nitrogen and oxygen atoms in total. The predicted molar refractivity (Wildman–Crippen MR) is 77.3 cm³/mol. The van der Waals surface area contributed by atoms with Gasteiger partial charge in [-0.3, -0.25) is 9.89 Å². The second-order valence-electron chi connectivity index (χ2n) is 4.04. The summed E-state index contributed by atoms with van der Waals surface area (Å²) in [5.41, 5.74) is 0. The summed E-state index contributed by atoms with van der Waals surface area (Å²) in [6.07, 6.45) is 0.819. The number of rotatable bonds is 6. The fourth-order valence-corrected chi connectivity index (χ4v) is 2.98. The monoisotopic (exact) mass is 296 g/mol. The van der Waals surface area contributed by atoms with E-state index in [1.807, 2.05) is 31.5 Å². The summed E-state index contributed by atoms with van der Waals surface area (Å²) < 4.78 is 0. The van der Waals surface area contributed by atoms with Crippen molar-refractivity contribution in [2.45, 2.75) is 25.0 Å². The molecule has 0 saturated carbocycles. The van der Waals surface area contributed by atoms with Crippen molar-refractivity contribution < 1.29 is 4.79 Å². The fourth-order valence-electron chi connectivity index (χ4n) is 1.46. The lowest BCUT2D eigenvalue weighted by Crippen LogP contribution is -2.27. The minimum atomic E-state index is 0.0845. The van der Waals surface area contributed by atoms with Crippen LogP contribution in [0.2, 0.25) is 0 Å². The van der Waals surface area contributed by atoms with Gasteiger partial charge in [0.25, 0.3) is 0 Å². The molecular weight excluding hydrogens is 280 g/mol. The SMILES string of the molecule is CCc1nc(SCC(=O)N(C)Cc2cccs2)n[nH]1. The van der Waals surface area contributed by atoms with E-state index in [1.165, 1.54) is 16.6 Å². The van der Waals surface area contributed by atoms with E-state index in [0.717, 1.165) is 12.2 Å². The van der Waals surface area contributed by atoms with Gasteiger partial charge in [-0.25, -0.2) is 4.98 Å². The van der Waals surface area contributed by atoms with E-state index in [-0.39, 0.29) is 5.91 Å². The number of aryl methyl sites for hydroxylation is 1. The van der Waals surface area contributed by atoms with Gasteiger partial charge >= 0.3 is 0 Å². The van der Waals surface area contributed by atoms with Gasteiger partial charge in [0.05, 0.1) is 12.3 Å². The lowest BCUT2D eigenvalue weighted by atomic mass is 10.4. The average Bonchev–Trinajstić information content (AvgIpc) is 3.06. The summed E-state index contributed by atoms with van der Waals surface area (Å²) in [7, 11) is 1.82. The highest BCUT2D eigenvalue weighted by atomic mass is 32.2. The highest BCUT2D eigenvalue weighted by Crippen LogP contribution is 2.15. The van der Waals surface area contributed by atoms with Gasteiger partial charge in [0, 0.05) is 18.3 Å². The number of aromatic amines is 1. The van der Waals surface area contributed by atoms with Crippen LogP contribution in [0.5, 0.6) is 0 Å². The minimum Gasteiger partial charge on any atom is -0.340 e. The molecule has 0 aromatic carbocycles. The number of hydrogen-bond donors (Lipinski definition) is 1. The zero-order valence-corrected chi connectivity index (χ0v) is 12.6. The third-order valence-electron chi connectivity index (χ3n) is 2.57. The maximum absolute atomic E-state index is 12.0. The molecule has 2 aromatic heterocycles. The normalized spacial score (nSPS) is 10.6. The van der Waals surface area contributed by atoms with Crippen molar-refractivity contribution in [3.8, 4) is 0 Å². The van der Waals surface area contributed by atoms with E-state index in [2.05, 4.69) is 15.2 Å². The average molecular weight is 296 g/mol. The molecule has 0 spiro atoms. The van der Waals surface area contributed by atoms with Gasteiger partial charge in [-0.05, 0) is 11.4 Å². The third-order valence-corrected chi connectivity index (χ3v) is 4.26. The van der Waals surface area contributed by atoms with Gasteiger partial charge in [-0.1, -0.05) is 24.8 Å². The molecule has 0 aliphatic carbocycles. The number of carbonyl (C=O) groups excluding carboxylic acids is 1. The van der Waals surface area contributed by atoms with E-state index < -0.39 is 0 Å². The summed E-state index contributed by atoms with van der Waals surface area (Å²) in [6, 6.07) is 4.03. The summed E-state index contributed by atoms with van der Waals surface area (Å²) in [4.78, 5) is 19.1. The molecule has 0 aliphatic rings. The van der Waals surface area contributed by atoms with E-state index in [0.29, 0.717) is 17.5 Å². The quantitative estimate of drug-likeness (QED) is 0.830. The van der Waals surface area contributed by atoms with Gasteiger partial charge in [-0.2, -0.15) is 0 Å². The van der Waals surface area contributed by atoms with Crippen molar-refractivity contribution in [2.75, 3.05) is 12.8 Å². The molecule has 1 N–H and O–H groups in total. The summed E-state index contributed by atoms with van der Waals surface area (Å²) in [6.45, 7) is 2.67. The first kappa shape index (κ1) is 14.1. The lowest BCUT2D eigenvalue weighted by molar-refractivity contribution is -0.127. The van der Waals surface area contributed by atoms with Gasteiger partial charge < -0.3 is 4.90 Å². The molecule has 1 amide bonds. The number of nitrogens with one attached hydrogen (secondary N) is 1. The number of hydrogen-bond acceptors (Lipinski definition) is 5. The van der Waals surface area contributed by atoms with Crippen LogP contribution in [0, 0.1) is 0 Å². The standard InChI is InChI=1S/C12H16N4OS2/c1-3-10-13-12(15-14-10)19-8-11(17)16(2)7-9-5-4-6-18-9/h4-6H,3,7-8H2,1-2H3,(H,13,14,15). The maximum Gasteiger partial charge on any atom is 0.233 e. The summed E-state index contributed by atoms with van der Waals surface area (Å²) >= 11 is 3.02. The Hall–Kier alpha value is -1.34. The number of carbonyl (C=O) groups is 1. The van der Waals surface area contributed by atoms with Crippen molar-refractivity contribution in [1.82, 2.24) is 20.1 Å². The largest absolute Gasteiger partial charge is 0.340 e. The van der Waals surface area contributed by atoms with Crippen LogP contribution in [0.25, 0.3) is 0 Å². The van der Waals surface area contributed by atoms with Crippen LogP contribution in [0.15, 0.2) is 22.7 Å². The Morgan fingerprint density at radius 2 is 2.42 bits per heavy atom. The van der Waals surface area contributed by atoms with Crippen molar-refractivity contribution >= 4 is 29.0 Å². The van der Waals surface area contributed by atoms with Gasteiger partial charge in [0.15, 0.2) is 0 Å². The Balaban J connectivity index is 1.80. The Labute approximate surface area is 120 Å². The molecule has 102 valence electrons. The number of H-pyrrole nitrogens is 1. The van der Waals surface area contributed by atoms with Crippen molar-refractivity contribution in [1.29, 1.82) is 0 Å². The van der Waals surface area contributed by atoms with Gasteiger partial charge in [0.2, 0.25) is 11.1 Å². The smallest absolute Gasteiger partial charge is 0.233 e. The molecule has 0 saturated heterocycles. The van der Waals surface area contributed by atoms with Gasteiger partial charge in [0.1, 0.15) is 5.82 Å². The molecule has 7 heteroatoms. The molecule has 0 unspecified atom stereocenters. The van der Waals surface area contributed by atoms with Crippen LogP contribution < -0.4 is 0 Å². The lowest BCUT2D eigenvalue weighted by Gasteiger charge is -2.15. The zero-order valence-electron chi connectivity index (χ0n) is 10.9. The van der Waals surface area contributed by atoms with Crippen molar-refractivity contribution in [3.05, 3.63) is 28.2 Å². The summed E-state index contributed by atoms with van der Waals surface area (Å²) in [5, 5.41) is 9.54. The van der Waals surface area contributed by atoms with Crippen LogP contribution in [0.1, 0.15) is 17.6 Å². The molecule has 0 atom stereocenters. The van der Waals surface area contributed by atoms with Crippen LogP contribution in [-0.2, 0) is 17.8 Å². The Morgan fingerprint density at radius 1 is 1.58 bits per heavy atom. The highest BCUT2D eigenvalue weighted by molar-refractivity contribution is 7.99. The number of aromatic nitrogens is 3. The number of nitrogens with zero attached hydrogens (tertiary/aromatic N) is 3. The van der Waals surface area contributed by atoms with Crippen LogP contribution >= 0.6 is 23.1 Å². The molecule has 0 aliphatic heterocycles. The second kappa shape index (κ2) is 6.72. The van der Waals surface area contributed by atoms with Crippen LogP contribution in [-0.4, -0.2) is 38.8 Å². The molecule has 19 heavy (non-hydrogen) atoms. The molecule has 0 radical (unpaired) electrons. The predicted octanol–water partition coefficient (Wildman–Crippen LogP) is 2.18. The molecule has 2 rings (SSSR count). The maximum atomic E-state index is 12.0. The molecule has 2 aromatic rings. The summed E-state index contributed by atoms with van der Waals surface area (Å²) in [5.74, 6) is 1.30. The first-order valence-electron chi connectivity index (χ1n) is 5.99. The molecule has 2 heterocycles. The Bertz CT molecular complexity index is 524. The zero-order chi connectivity index (χ0) is 13.7. The molecule has 0 bridgehead atoms.